The van der Waals surface area contributed by atoms with Crippen molar-refractivity contribution in [2.45, 2.75) is 6.92 Å². The Kier molecular flexibility index (Phi) is 4.65. The van der Waals surface area contributed by atoms with Gasteiger partial charge in [-0.3, -0.25) is 4.79 Å². The van der Waals surface area contributed by atoms with Crippen molar-refractivity contribution in [1.82, 2.24) is 9.80 Å². The highest BCUT2D eigenvalue weighted by molar-refractivity contribution is 9.10. The smallest absolute Gasteiger partial charge is 0.255 e. The SMILES string of the molecule is CCN1CCN(C(=O)c2cccc(Br)c2Cl)CC1. The topological polar surface area (TPSA) is 23.6 Å². The Hall–Kier alpha value is -0.580. The van der Waals surface area contributed by atoms with Crippen LogP contribution in [0.3, 0.4) is 0 Å². The van der Waals surface area contributed by atoms with E-state index in [4.69, 9.17) is 11.6 Å². The molecule has 0 N–H and O–H groups in total. The average Bonchev–Trinajstić information content (AvgIpc) is 2.41. The fourth-order valence-corrected chi connectivity index (χ4v) is 2.68. The second-order valence-electron chi connectivity index (χ2n) is 4.33. The summed E-state index contributed by atoms with van der Waals surface area (Å²) in [5, 5.41) is 0.500. The van der Waals surface area contributed by atoms with Crippen molar-refractivity contribution in [3.05, 3.63) is 33.3 Å². The summed E-state index contributed by atoms with van der Waals surface area (Å²) in [4.78, 5) is 16.6. The molecule has 1 aliphatic heterocycles. The van der Waals surface area contributed by atoms with Crippen molar-refractivity contribution in [2.24, 2.45) is 0 Å². The molecule has 2 rings (SSSR count). The monoisotopic (exact) mass is 330 g/mol. The summed E-state index contributed by atoms with van der Waals surface area (Å²) < 4.78 is 0.766. The molecule has 5 heteroatoms. The highest BCUT2D eigenvalue weighted by atomic mass is 79.9. The molecule has 0 aromatic heterocycles. The zero-order valence-corrected chi connectivity index (χ0v) is 12.7. The number of hydrogen-bond donors (Lipinski definition) is 0. The predicted octanol–water partition coefficient (Wildman–Crippen LogP) is 2.88. The maximum absolute atomic E-state index is 12.4. The van der Waals surface area contributed by atoms with Gasteiger partial charge in [-0.2, -0.15) is 0 Å². The average molecular weight is 332 g/mol. The molecule has 0 aliphatic carbocycles. The van der Waals surface area contributed by atoms with Crippen LogP contribution in [0.4, 0.5) is 0 Å². The van der Waals surface area contributed by atoms with Crippen molar-refractivity contribution in [3.8, 4) is 0 Å². The number of benzene rings is 1. The lowest BCUT2D eigenvalue weighted by molar-refractivity contribution is 0.0643. The molecule has 0 spiro atoms. The maximum atomic E-state index is 12.4. The lowest BCUT2D eigenvalue weighted by atomic mass is 10.2. The quantitative estimate of drug-likeness (QED) is 0.832. The van der Waals surface area contributed by atoms with Gasteiger partial charge in [-0.15, -0.1) is 0 Å². The molecule has 0 unspecified atom stereocenters. The second kappa shape index (κ2) is 6.04. The fourth-order valence-electron chi connectivity index (χ4n) is 2.11. The molecule has 1 amide bonds. The first-order valence-corrected chi connectivity index (χ1v) is 7.26. The van der Waals surface area contributed by atoms with Crippen LogP contribution in [0, 0.1) is 0 Å². The summed E-state index contributed by atoms with van der Waals surface area (Å²) in [6, 6.07) is 5.46. The third kappa shape index (κ3) is 2.87. The van der Waals surface area contributed by atoms with Gasteiger partial charge in [0.1, 0.15) is 0 Å². The molecule has 1 aliphatic rings. The first kappa shape index (κ1) is 13.8. The third-order valence-electron chi connectivity index (χ3n) is 3.29. The number of piperazine rings is 1. The first-order chi connectivity index (χ1) is 8.63. The van der Waals surface area contributed by atoms with Gasteiger partial charge in [-0.25, -0.2) is 0 Å². The Morgan fingerprint density at radius 2 is 2.00 bits per heavy atom. The number of hydrogen-bond acceptors (Lipinski definition) is 2. The Labute approximate surface area is 121 Å². The normalized spacial score (nSPS) is 16.9. The summed E-state index contributed by atoms with van der Waals surface area (Å²) >= 11 is 9.51. The van der Waals surface area contributed by atoms with Crippen LogP contribution in [-0.2, 0) is 0 Å². The lowest BCUT2D eigenvalue weighted by Gasteiger charge is -2.34. The number of nitrogens with zero attached hydrogens (tertiary/aromatic N) is 2. The molecule has 18 heavy (non-hydrogen) atoms. The van der Waals surface area contributed by atoms with E-state index < -0.39 is 0 Å². The second-order valence-corrected chi connectivity index (χ2v) is 5.56. The van der Waals surface area contributed by atoms with Crippen molar-refractivity contribution in [2.75, 3.05) is 32.7 Å². The number of amides is 1. The summed E-state index contributed by atoms with van der Waals surface area (Å²) in [6.07, 6.45) is 0. The minimum atomic E-state index is 0.0250. The van der Waals surface area contributed by atoms with Crippen LogP contribution in [0.15, 0.2) is 22.7 Å². The van der Waals surface area contributed by atoms with Gasteiger partial charge in [0, 0.05) is 30.7 Å². The van der Waals surface area contributed by atoms with Crippen LogP contribution in [0.5, 0.6) is 0 Å². The van der Waals surface area contributed by atoms with E-state index in [-0.39, 0.29) is 5.91 Å². The lowest BCUT2D eigenvalue weighted by Crippen LogP contribution is -2.48. The molecular weight excluding hydrogens is 316 g/mol. The highest BCUT2D eigenvalue weighted by Crippen LogP contribution is 2.27. The largest absolute Gasteiger partial charge is 0.336 e. The molecule has 1 aromatic carbocycles. The van der Waals surface area contributed by atoms with E-state index in [2.05, 4.69) is 27.8 Å². The van der Waals surface area contributed by atoms with E-state index in [1.54, 1.807) is 6.07 Å². The summed E-state index contributed by atoms with van der Waals surface area (Å²) in [5.41, 5.74) is 0.580. The molecule has 0 bridgehead atoms. The number of rotatable bonds is 2. The van der Waals surface area contributed by atoms with Crippen LogP contribution >= 0.6 is 27.5 Å². The Balaban J connectivity index is 2.10. The van der Waals surface area contributed by atoms with Gasteiger partial charge in [-0.05, 0) is 34.6 Å². The fraction of sp³-hybridized carbons (Fsp3) is 0.462. The van der Waals surface area contributed by atoms with Gasteiger partial charge >= 0.3 is 0 Å². The van der Waals surface area contributed by atoms with Crippen LogP contribution < -0.4 is 0 Å². The van der Waals surface area contributed by atoms with Crippen molar-refractivity contribution < 1.29 is 4.79 Å². The molecule has 1 saturated heterocycles. The van der Waals surface area contributed by atoms with E-state index in [1.165, 1.54) is 0 Å². The third-order valence-corrected chi connectivity index (χ3v) is 4.59. The Morgan fingerprint density at radius 1 is 1.33 bits per heavy atom. The summed E-state index contributed by atoms with van der Waals surface area (Å²) in [7, 11) is 0. The molecule has 0 atom stereocenters. The van der Waals surface area contributed by atoms with Gasteiger partial charge in [0.05, 0.1) is 10.6 Å². The predicted molar refractivity (Wildman–Crippen MR) is 77.2 cm³/mol. The molecular formula is C13H16BrClN2O. The Morgan fingerprint density at radius 3 is 2.61 bits per heavy atom. The zero-order chi connectivity index (χ0) is 13.1. The van der Waals surface area contributed by atoms with E-state index in [0.29, 0.717) is 10.6 Å². The number of carbonyl (C=O) groups is 1. The van der Waals surface area contributed by atoms with Gasteiger partial charge < -0.3 is 9.80 Å². The first-order valence-electron chi connectivity index (χ1n) is 6.09. The van der Waals surface area contributed by atoms with E-state index in [9.17, 15) is 4.79 Å². The molecule has 1 aromatic rings. The number of likely N-dealkylation sites (N-methyl/N-ethyl adjacent to an activating group) is 1. The molecule has 0 saturated carbocycles. The van der Waals surface area contributed by atoms with E-state index in [0.717, 1.165) is 37.2 Å². The van der Waals surface area contributed by atoms with E-state index >= 15 is 0 Å². The molecule has 98 valence electrons. The van der Waals surface area contributed by atoms with Crippen molar-refractivity contribution in [3.63, 3.8) is 0 Å². The molecule has 3 nitrogen and oxygen atoms in total. The van der Waals surface area contributed by atoms with Gasteiger partial charge in [-0.1, -0.05) is 24.6 Å². The number of carbonyl (C=O) groups excluding carboxylic acids is 1. The maximum Gasteiger partial charge on any atom is 0.255 e. The molecule has 1 heterocycles. The minimum Gasteiger partial charge on any atom is -0.336 e. The van der Waals surface area contributed by atoms with Gasteiger partial charge in [0.15, 0.2) is 0 Å². The zero-order valence-electron chi connectivity index (χ0n) is 10.3. The molecule has 0 radical (unpaired) electrons. The van der Waals surface area contributed by atoms with E-state index in [1.807, 2.05) is 17.0 Å². The number of halogens is 2. The Bertz CT molecular complexity index is 445. The minimum absolute atomic E-state index is 0.0250. The van der Waals surface area contributed by atoms with Gasteiger partial charge in [0.2, 0.25) is 0 Å². The van der Waals surface area contributed by atoms with Crippen LogP contribution in [0.1, 0.15) is 17.3 Å². The van der Waals surface area contributed by atoms with Crippen LogP contribution in [0.25, 0.3) is 0 Å². The summed E-state index contributed by atoms with van der Waals surface area (Å²) in [5.74, 6) is 0.0250. The van der Waals surface area contributed by atoms with Crippen molar-refractivity contribution >= 4 is 33.4 Å². The van der Waals surface area contributed by atoms with Crippen LogP contribution in [-0.4, -0.2) is 48.4 Å². The standard InChI is InChI=1S/C13H16BrClN2O/c1-2-16-6-8-17(9-7-16)13(18)10-4-3-5-11(14)12(10)15/h3-5H,2,6-9H2,1H3. The van der Waals surface area contributed by atoms with Crippen LogP contribution in [0.2, 0.25) is 5.02 Å². The summed E-state index contributed by atoms with van der Waals surface area (Å²) in [6.45, 7) is 6.61. The molecule has 1 fully saturated rings. The highest BCUT2D eigenvalue weighted by Gasteiger charge is 2.23. The van der Waals surface area contributed by atoms with Crippen molar-refractivity contribution in [1.29, 1.82) is 0 Å². The van der Waals surface area contributed by atoms with Gasteiger partial charge in [0.25, 0.3) is 5.91 Å².